The van der Waals surface area contributed by atoms with Gasteiger partial charge in [-0.3, -0.25) is 0 Å². The van der Waals surface area contributed by atoms with E-state index < -0.39 is 4.33 Å². The van der Waals surface area contributed by atoms with Gasteiger partial charge in [-0.25, -0.2) is 0 Å². The highest BCUT2D eigenvalue weighted by atomic mass is 35.5. The molecule has 1 aliphatic rings. The second kappa shape index (κ2) is 8.58. The molecule has 0 aromatic heterocycles. The molecule has 2 heteroatoms. The molecule has 0 bridgehead atoms. The van der Waals surface area contributed by atoms with Crippen LogP contribution in [0.2, 0.25) is 0 Å². The number of benzene rings is 2. The molecule has 2 aromatic rings. The normalized spacial score (nSPS) is 14.3. The van der Waals surface area contributed by atoms with Crippen molar-refractivity contribution in [3.8, 4) is 11.1 Å². The molecule has 0 N–H and O–H groups in total. The van der Waals surface area contributed by atoms with Crippen molar-refractivity contribution in [1.29, 1.82) is 0 Å². The van der Waals surface area contributed by atoms with Crippen LogP contribution >= 0.6 is 23.2 Å². The third kappa shape index (κ3) is 4.08. The Hall–Kier alpha value is -0.980. The monoisotopic (exact) mass is 402 g/mol. The lowest BCUT2D eigenvalue weighted by atomic mass is 9.93. The Morgan fingerprint density at radius 1 is 0.667 bits per heavy atom. The van der Waals surface area contributed by atoms with Crippen molar-refractivity contribution >= 4 is 23.2 Å². The maximum Gasteiger partial charge on any atom is 0.169 e. The molecule has 3 rings (SSSR count). The first-order valence-corrected chi connectivity index (χ1v) is 11.3. The zero-order chi connectivity index (χ0) is 19.6. The molecular formula is C25H32Cl2. The largest absolute Gasteiger partial charge is 0.169 e. The number of fused-ring (bicyclic) bond motifs is 3. The van der Waals surface area contributed by atoms with Crippen molar-refractivity contribution < 1.29 is 0 Å². The minimum atomic E-state index is -0.940. The maximum absolute atomic E-state index is 6.90. The van der Waals surface area contributed by atoms with E-state index in [2.05, 4.69) is 52.0 Å². The summed E-state index contributed by atoms with van der Waals surface area (Å²) in [6.07, 6.45) is 9.81. The molecule has 0 radical (unpaired) electrons. The van der Waals surface area contributed by atoms with E-state index in [1.807, 2.05) is 0 Å². The van der Waals surface area contributed by atoms with Crippen LogP contribution < -0.4 is 0 Å². The van der Waals surface area contributed by atoms with Crippen LogP contribution in [0.25, 0.3) is 11.1 Å². The lowest BCUT2D eigenvalue weighted by Gasteiger charge is -2.18. The Bertz CT molecular complexity index is 750. The smallest absolute Gasteiger partial charge is 0.0909 e. The van der Waals surface area contributed by atoms with Gasteiger partial charge in [0.05, 0.1) is 0 Å². The zero-order valence-corrected chi connectivity index (χ0v) is 18.7. The van der Waals surface area contributed by atoms with Gasteiger partial charge >= 0.3 is 0 Å². The van der Waals surface area contributed by atoms with Gasteiger partial charge in [0.25, 0.3) is 0 Å². The Morgan fingerprint density at radius 3 is 1.44 bits per heavy atom. The minimum Gasteiger partial charge on any atom is -0.0909 e. The van der Waals surface area contributed by atoms with Crippen molar-refractivity contribution in [2.45, 2.75) is 83.4 Å². The van der Waals surface area contributed by atoms with E-state index in [0.29, 0.717) is 0 Å². The lowest BCUT2D eigenvalue weighted by molar-refractivity contribution is 0.715. The van der Waals surface area contributed by atoms with E-state index in [-0.39, 0.29) is 0 Å². The van der Waals surface area contributed by atoms with Crippen LogP contribution in [0.3, 0.4) is 0 Å². The molecule has 1 aliphatic carbocycles. The zero-order valence-electron chi connectivity index (χ0n) is 17.2. The number of alkyl halides is 2. The third-order valence-corrected chi connectivity index (χ3v) is 6.83. The van der Waals surface area contributed by atoms with Gasteiger partial charge in [-0.05, 0) is 72.9 Å². The van der Waals surface area contributed by atoms with E-state index in [9.17, 15) is 0 Å². The topological polar surface area (TPSA) is 0 Å². The molecule has 0 heterocycles. The second-order valence-corrected chi connectivity index (χ2v) is 9.46. The van der Waals surface area contributed by atoms with E-state index in [1.165, 1.54) is 71.9 Å². The molecule has 0 fully saturated rings. The van der Waals surface area contributed by atoms with Crippen LogP contribution in [0, 0.1) is 13.8 Å². The number of unbranched alkanes of at least 4 members (excludes halogenated alkanes) is 4. The minimum absolute atomic E-state index is 0.940. The molecule has 0 atom stereocenters. The molecule has 27 heavy (non-hydrogen) atoms. The van der Waals surface area contributed by atoms with E-state index in [0.717, 1.165) is 24.0 Å². The van der Waals surface area contributed by atoms with Crippen LogP contribution in [0.4, 0.5) is 0 Å². The third-order valence-electron chi connectivity index (χ3n) is 6.02. The number of rotatable bonds is 8. The highest BCUT2D eigenvalue weighted by Gasteiger charge is 2.41. The number of hydrogen-bond donors (Lipinski definition) is 0. The summed E-state index contributed by atoms with van der Waals surface area (Å²) in [5, 5.41) is 0. The fourth-order valence-electron chi connectivity index (χ4n) is 4.29. The summed E-state index contributed by atoms with van der Waals surface area (Å²) < 4.78 is -0.940. The van der Waals surface area contributed by atoms with Crippen LogP contribution in [0.1, 0.15) is 85.8 Å². The van der Waals surface area contributed by atoms with E-state index >= 15 is 0 Å². The fraction of sp³-hybridized carbons (Fsp3) is 0.520. The lowest BCUT2D eigenvalue weighted by Crippen LogP contribution is -2.09. The van der Waals surface area contributed by atoms with Crippen molar-refractivity contribution in [2.75, 3.05) is 0 Å². The summed E-state index contributed by atoms with van der Waals surface area (Å²) in [5.41, 5.74) is 10.1. The molecule has 0 amide bonds. The van der Waals surface area contributed by atoms with Gasteiger partial charge in [-0.2, -0.15) is 0 Å². The molecule has 0 spiro atoms. The van der Waals surface area contributed by atoms with Crippen molar-refractivity contribution in [2.24, 2.45) is 0 Å². The SMILES string of the molecule is CCCCCc1cc2c(cc1C)C(Cl)(Cl)c1cc(C)c(CCCCC)cc1-2. The predicted molar refractivity (Wildman–Crippen MR) is 120 cm³/mol. The van der Waals surface area contributed by atoms with Crippen molar-refractivity contribution in [3.05, 3.63) is 57.6 Å². The van der Waals surface area contributed by atoms with Crippen LogP contribution in [0.5, 0.6) is 0 Å². The fourth-order valence-corrected chi connectivity index (χ4v) is 4.91. The van der Waals surface area contributed by atoms with E-state index in [1.54, 1.807) is 0 Å². The summed E-state index contributed by atoms with van der Waals surface area (Å²) >= 11 is 13.8. The first-order chi connectivity index (χ1) is 12.9. The Labute approximate surface area is 175 Å². The Balaban J connectivity index is 2.03. The van der Waals surface area contributed by atoms with Crippen LogP contribution in [-0.4, -0.2) is 0 Å². The molecular weight excluding hydrogens is 371 g/mol. The van der Waals surface area contributed by atoms with E-state index in [4.69, 9.17) is 23.2 Å². The molecule has 0 nitrogen and oxygen atoms in total. The number of aryl methyl sites for hydroxylation is 4. The van der Waals surface area contributed by atoms with Gasteiger partial charge in [-0.15, -0.1) is 0 Å². The maximum atomic E-state index is 6.90. The van der Waals surface area contributed by atoms with Gasteiger partial charge in [0.15, 0.2) is 4.33 Å². The number of halogens is 2. The standard InChI is InChI=1S/C25H32Cl2/c1-5-7-9-11-19-15-21-22-16-20(12-10-8-6-2)18(4)14-24(22)25(26,27)23(21)13-17(19)3/h13-16H,5-12H2,1-4H3. The first-order valence-electron chi connectivity index (χ1n) is 10.6. The van der Waals surface area contributed by atoms with Gasteiger partial charge in [0, 0.05) is 11.1 Å². The van der Waals surface area contributed by atoms with Crippen molar-refractivity contribution in [3.63, 3.8) is 0 Å². The molecule has 0 unspecified atom stereocenters. The summed E-state index contributed by atoms with van der Waals surface area (Å²) in [6, 6.07) is 9.17. The predicted octanol–water partition coefficient (Wildman–Crippen LogP) is 8.43. The number of hydrogen-bond acceptors (Lipinski definition) is 0. The Kier molecular flexibility index (Phi) is 6.59. The van der Waals surface area contributed by atoms with Gasteiger partial charge in [-0.1, -0.05) is 87.0 Å². The van der Waals surface area contributed by atoms with Crippen LogP contribution in [-0.2, 0) is 17.2 Å². The highest BCUT2D eigenvalue weighted by Crippen LogP contribution is 2.55. The molecule has 146 valence electrons. The summed E-state index contributed by atoms with van der Waals surface area (Å²) in [4.78, 5) is 0. The molecule has 0 saturated carbocycles. The average molecular weight is 403 g/mol. The average Bonchev–Trinajstić information content (AvgIpc) is 2.83. The van der Waals surface area contributed by atoms with Gasteiger partial charge < -0.3 is 0 Å². The summed E-state index contributed by atoms with van der Waals surface area (Å²) in [6.45, 7) is 8.89. The van der Waals surface area contributed by atoms with Crippen LogP contribution in [0.15, 0.2) is 24.3 Å². The molecule has 0 aliphatic heterocycles. The van der Waals surface area contributed by atoms with Crippen molar-refractivity contribution in [1.82, 2.24) is 0 Å². The highest BCUT2D eigenvalue weighted by molar-refractivity contribution is 6.51. The summed E-state index contributed by atoms with van der Waals surface area (Å²) in [5.74, 6) is 0. The van der Waals surface area contributed by atoms with Gasteiger partial charge in [0.2, 0.25) is 0 Å². The molecule has 0 saturated heterocycles. The summed E-state index contributed by atoms with van der Waals surface area (Å²) in [7, 11) is 0. The first kappa shape index (κ1) is 20.7. The molecule has 2 aromatic carbocycles. The van der Waals surface area contributed by atoms with Gasteiger partial charge in [0.1, 0.15) is 0 Å². The Morgan fingerprint density at radius 2 is 1.07 bits per heavy atom. The quantitative estimate of drug-likeness (QED) is 0.306. The second-order valence-electron chi connectivity index (χ2n) is 8.14.